The van der Waals surface area contributed by atoms with Gasteiger partial charge in [-0.2, -0.15) is 0 Å². The Morgan fingerprint density at radius 2 is 1.07 bits per heavy atom. The van der Waals surface area contributed by atoms with Crippen LogP contribution in [0.4, 0.5) is 0 Å². The summed E-state index contributed by atoms with van der Waals surface area (Å²) in [6, 6.07) is 25.9. The second-order valence-electron chi connectivity index (χ2n) is 11.2. The molecule has 8 rings (SSSR count). The van der Waals surface area contributed by atoms with Crippen molar-refractivity contribution in [1.29, 1.82) is 0 Å². The average molecular weight is 585 g/mol. The number of H-pyrrole nitrogens is 6. The zero-order valence-corrected chi connectivity index (χ0v) is 24.5. The Morgan fingerprint density at radius 1 is 0.523 bits per heavy atom. The van der Waals surface area contributed by atoms with Crippen molar-refractivity contribution < 1.29 is 5.32 Å². The smallest absolute Gasteiger partial charge is 0.154 e. The van der Waals surface area contributed by atoms with Crippen molar-refractivity contribution in [2.75, 3.05) is 0 Å². The number of hydrogen-bond donors (Lipinski definition) is 8. The first kappa shape index (κ1) is 28.8. The number of hydrogen-bond acceptors (Lipinski definition) is 1. The number of nitrogens with one attached hydrogen (secondary N) is 7. The van der Waals surface area contributed by atoms with Crippen molar-refractivity contribution in [3.05, 3.63) is 149 Å². The molecule has 0 radical (unpaired) electrons. The van der Waals surface area contributed by atoms with E-state index in [1.54, 1.807) is 0 Å². The number of nitrogens with two attached hydrogens (primary N) is 1. The zero-order chi connectivity index (χ0) is 28.2. The van der Waals surface area contributed by atoms with Gasteiger partial charge in [-0.05, 0) is 98.8 Å². The van der Waals surface area contributed by atoms with Gasteiger partial charge in [0.15, 0.2) is 11.7 Å². The van der Waals surface area contributed by atoms with Gasteiger partial charge in [0.2, 0.25) is 0 Å². The van der Waals surface area contributed by atoms with Crippen LogP contribution < -0.4 is 21.3 Å². The maximum Gasteiger partial charge on any atom is 0.154 e. The molecule has 8 heteroatoms. The van der Waals surface area contributed by atoms with Gasteiger partial charge in [-0.15, -0.1) is 0 Å². The van der Waals surface area contributed by atoms with E-state index in [-0.39, 0.29) is 26.9 Å². The molecule has 6 aromatic rings. The minimum absolute atomic E-state index is 0. The monoisotopic (exact) mass is 584 g/mol. The van der Waals surface area contributed by atoms with Crippen LogP contribution in [0.3, 0.4) is 0 Å². The lowest BCUT2D eigenvalue weighted by Crippen LogP contribution is -2.80. The number of quaternary nitrogens is 1. The van der Waals surface area contributed by atoms with E-state index in [1.165, 1.54) is 11.4 Å². The lowest BCUT2D eigenvalue weighted by Gasteiger charge is -2.09. The third-order valence-corrected chi connectivity index (χ3v) is 8.23. The van der Waals surface area contributed by atoms with E-state index in [9.17, 15) is 0 Å². The average Bonchev–Trinajstić information content (AvgIpc) is 3.81. The van der Waals surface area contributed by atoms with E-state index < -0.39 is 0 Å². The van der Waals surface area contributed by atoms with Crippen LogP contribution in [0.15, 0.2) is 97.1 Å². The highest BCUT2D eigenvalue weighted by molar-refractivity contribution is 5.61. The van der Waals surface area contributed by atoms with Crippen LogP contribution >= 0.6 is 0 Å². The summed E-state index contributed by atoms with van der Waals surface area (Å²) >= 11 is 0. The van der Waals surface area contributed by atoms with Crippen molar-refractivity contribution >= 4 is 11.4 Å². The summed E-state index contributed by atoms with van der Waals surface area (Å²) in [6.45, 7) is 4.14. The summed E-state index contributed by atoms with van der Waals surface area (Å²) < 4.78 is 0. The van der Waals surface area contributed by atoms with Crippen LogP contribution in [0.5, 0.6) is 0 Å². The first-order chi connectivity index (χ1) is 20.6. The zero-order valence-electron chi connectivity index (χ0n) is 24.5. The Morgan fingerprint density at radius 3 is 1.73 bits per heavy atom. The van der Waals surface area contributed by atoms with Crippen LogP contribution in [0.25, 0.3) is 34.2 Å². The van der Waals surface area contributed by atoms with Crippen LogP contribution in [0, 0.1) is 32.0 Å². The Balaban J connectivity index is 0.00000171. The summed E-state index contributed by atoms with van der Waals surface area (Å²) in [4.78, 5) is 21.1. The molecule has 2 aliphatic rings. The van der Waals surface area contributed by atoms with Gasteiger partial charge in [-0.3, -0.25) is 0 Å². The van der Waals surface area contributed by atoms with E-state index in [4.69, 9.17) is 0 Å². The van der Waals surface area contributed by atoms with Crippen LogP contribution in [-0.4, -0.2) is 29.9 Å². The topological polar surface area (TPSA) is 123 Å². The molecule has 0 saturated carbocycles. The van der Waals surface area contributed by atoms with E-state index in [0.29, 0.717) is 0 Å². The summed E-state index contributed by atoms with van der Waals surface area (Å²) in [7, 11) is 0. The standard InChI is InChI=1S/C34H32N8.CH4.CH3/c1-19-3-5-21(35-19)23-7-9-25(37-23)27-11-13-29(39-27)31-15-17-33(41-31)34-18-16-32(42-34)30-14-12-28(40-30)26-10-8-24(38-26)22-6-4-20(2)36-22;;/h3-18,27-28,35-42H,1-2H3;1H4;1H3/q;;-1/p+1/b31-29+,32-30+,34-33+;;. The van der Waals surface area contributed by atoms with E-state index in [0.717, 1.165) is 67.0 Å². The Kier molecular flexibility index (Phi) is 7.45. The highest BCUT2D eigenvalue weighted by Gasteiger charge is 2.22. The molecule has 0 aromatic carbocycles. The van der Waals surface area contributed by atoms with Gasteiger partial charge < -0.3 is 48.0 Å². The van der Waals surface area contributed by atoms with Gasteiger partial charge >= 0.3 is 0 Å². The van der Waals surface area contributed by atoms with Gasteiger partial charge in [-0.25, -0.2) is 0 Å². The largest absolute Gasteiger partial charge is 0.372 e. The first-order valence-corrected chi connectivity index (χ1v) is 14.4. The fraction of sp³-hybridized carbons (Fsp3) is 0.139. The second-order valence-corrected chi connectivity index (χ2v) is 11.2. The van der Waals surface area contributed by atoms with Gasteiger partial charge in [-0.1, -0.05) is 13.5 Å². The predicted molar refractivity (Wildman–Crippen MR) is 178 cm³/mol. The Hall–Kier alpha value is -5.34. The van der Waals surface area contributed by atoms with Gasteiger partial charge in [0.05, 0.1) is 56.3 Å². The van der Waals surface area contributed by atoms with E-state index >= 15 is 0 Å². The summed E-state index contributed by atoms with van der Waals surface area (Å²) in [5.41, 5.74) is 11.3. The quantitative estimate of drug-likeness (QED) is 0.137. The van der Waals surface area contributed by atoms with Crippen molar-refractivity contribution in [3.8, 4) is 22.8 Å². The lowest BCUT2D eigenvalue weighted by molar-refractivity contribution is -0.592. The molecule has 8 nitrogen and oxygen atoms in total. The molecular weight excluding hydrogens is 544 g/mol. The van der Waals surface area contributed by atoms with Crippen molar-refractivity contribution in [2.45, 2.75) is 33.4 Å². The molecule has 0 bridgehead atoms. The number of aryl methyl sites for hydroxylation is 2. The van der Waals surface area contributed by atoms with Gasteiger partial charge in [0, 0.05) is 23.2 Å². The van der Waals surface area contributed by atoms with Crippen LogP contribution in [0.1, 0.15) is 42.3 Å². The maximum atomic E-state index is 3.64. The Bertz CT molecular complexity index is 2050. The van der Waals surface area contributed by atoms with Crippen molar-refractivity contribution in [3.63, 3.8) is 0 Å². The molecule has 0 fully saturated rings. The molecule has 0 aliphatic carbocycles. The van der Waals surface area contributed by atoms with E-state index in [1.807, 2.05) is 0 Å². The molecule has 0 saturated heterocycles. The van der Waals surface area contributed by atoms with Crippen molar-refractivity contribution in [2.24, 2.45) is 0 Å². The molecule has 0 spiro atoms. The summed E-state index contributed by atoms with van der Waals surface area (Å²) in [5, 5.41) is 10.2. The molecule has 8 heterocycles. The fourth-order valence-corrected chi connectivity index (χ4v) is 5.96. The molecule has 9 N–H and O–H groups in total. The normalized spacial score (nSPS) is 20.5. The number of aromatic amines is 6. The Labute approximate surface area is 256 Å². The first-order valence-electron chi connectivity index (χ1n) is 14.4. The van der Waals surface area contributed by atoms with Crippen LogP contribution in [-0.2, 0) is 0 Å². The van der Waals surface area contributed by atoms with Gasteiger partial charge in [0.25, 0.3) is 0 Å². The molecule has 224 valence electrons. The highest BCUT2D eigenvalue weighted by atomic mass is 15.0. The summed E-state index contributed by atoms with van der Waals surface area (Å²) in [5.74, 6) is 0. The second kappa shape index (κ2) is 11.4. The maximum absolute atomic E-state index is 3.64. The molecule has 2 unspecified atom stereocenters. The fourth-order valence-electron chi connectivity index (χ4n) is 5.96. The number of aromatic nitrogens is 6. The van der Waals surface area contributed by atoms with Crippen molar-refractivity contribution in [1.82, 2.24) is 35.2 Å². The highest BCUT2D eigenvalue weighted by Crippen LogP contribution is 2.25. The molecule has 44 heavy (non-hydrogen) atoms. The molecule has 2 atom stereocenters. The lowest BCUT2D eigenvalue weighted by atomic mass is 10.2. The molecule has 2 aliphatic heterocycles. The predicted octanol–water partition coefficient (Wildman–Crippen LogP) is 4.97. The third-order valence-electron chi connectivity index (χ3n) is 8.23. The minimum Gasteiger partial charge on any atom is -0.372 e. The minimum atomic E-state index is 0. The van der Waals surface area contributed by atoms with Crippen LogP contribution in [0.2, 0.25) is 0 Å². The third kappa shape index (κ3) is 5.20. The molecule has 0 amide bonds. The molecular formula is C36H40N8. The van der Waals surface area contributed by atoms with Gasteiger partial charge in [0.1, 0.15) is 5.35 Å². The SMILES string of the molecule is C.Cc1ccc(-c2ccc(C3C=C/C(=c4/cc/c(=c5/cc/c(=C6/C=CC(c7ccc(-c8ccc(C)[nH]8)[nH]7)[NH2+]6)[nH]5)[nH]4)N3)[nH]2)[nH]1.[CH3-]. The van der Waals surface area contributed by atoms with E-state index in [2.05, 4.69) is 151 Å². The summed E-state index contributed by atoms with van der Waals surface area (Å²) in [6.07, 6.45) is 8.79. The number of rotatable bonds is 4. The molecule has 6 aromatic heterocycles.